The Balaban J connectivity index is 1.95. The van der Waals surface area contributed by atoms with E-state index in [1.165, 1.54) is 51.7 Å². The van der Waals surface area contributed by atoms with E-state index in [1.807, 2.05) is 0 Å². The van der Waals surface area contributed by atoms with E-state index in [-0.39, 0.29) is 0 Å². The van der Waals surface area contributed by atoms with Gasteiger partial charge in [-0.15, -0.1) is 0 Å². The van der Waals surface area contributed by atoms with Crippen LogP contribution < -0.4 is 5.32 Å². The van der Waals surface area contributed by atoms with Crippen LogP contribution in [0.2, 0.25) is 0 Å². The molecule has 1 heterocycles. The molecule has 3 unspecified atom stereocenters. The summed E-state index contributed by atoms with van der Waals surface area (Å²) in [5, 5.41) is 3.87. The van der Waals surface area contributed by atoms with Gasteiger partial charge in [0.15, 0.2) is 0 Å². The Labute approximate surface area is 126 Å². The van der Waals surface area contributed by atoms with E-state index in [4.69, 9.17) is 0 Å². The molecule has 1 N–H and O–H groups in total. The van der Waals surface area contributed by atoms with Gasteiger partial charge in [-0.25, -0.2) is 0 Å². The summed E-state index contributed by atoms with van der Waals surface area (Å²) in [4.78, 5) is 2.85. The van der Waals surface area contributed by atoms with Gasteiger partial charge in [0.25, 0.3) is 0 Å². The lowest BCUT2D eigenvalue weighted by Gasteiger charge is -2.50. The molecule has 0 radical (unpaired) electrons. The zero-order chi connectivity index (χ0) is 14.8. The van der Waals surface area contributed by atoms with Gasteiger partial charge in [-0.05, 0) is 56.9 Å². The van der Waals surface area contributed by atoms with E-state index < -0.39 is 0 Å². The number of hydrogen-bond donors (Lipinski definition) is 1. The van der Waals surface area contributed by atoms with Crippen LogP contribution in [0, 0.1) is 17.8 Å². The third-order valence-corrected chi connectivity index (χ3v) is 5.86. The van der Waals surface area contributed by atoms with Crippen LogP contribution in [0.25, 0.3) is 0 Å². The number of piperazine rings is 1. The van der Waals surface area contributed by atoms with Gasteiger partial charge in [-0.1, -0.05) is 34.1 Å². The standard InChI is InChI=1S/C18H36N2/c1-6-15(4)17-12-20(11-7-8-14(2)3)18(5,13-19-17)16-9-10-16/h14-17,19H,6-13H2,1-5H3. The predicted octanol–water partition coefficient (Wildman–Crippen LogP) is 3.91. The van der Waals surface area contributed by atoms with Gasteiger partial charge in [-0.2, -0.15) is 0 Å². The summed E-state index contributed by atoms with van der Waals surface area (Å²) in [5.74, 6) is 2.59. The molecule has 0 bridgehead atoms. The second-order valence-electron chi connectivity index (χ2n) is 7.99. The van der Waals surface area contributed by atoms with Gasteiger partial charge in [0.1, 0.15) is 0 Å². The summed E-state index contributed by atoms with van der Waals surface area (Å²) in [6, 6.07) is 0.700. The monoisotopic (exact) mass is 280 g/mol. The molecule has 2 rings (SSSR count). The molecule has 1 saturated heterocycles. The van der Waals surface area contributed by atoms with Crippen LogP contribution in [0.5, 0.6) is 0 Å². The summed E-state index contributed by atoms with van der Waals surface area (Å²) in [5.41, 5.74) is 0.431. The van der Waals surface area contributed by atoms with Crippen LogP contribution in [0.4, 0.5) is 0 Å². The Hall–Kier alpha value is -0.0800. The zero-order valence-electron chi connectivity index (χ0n) is 14.4. The highest BCUT2D eigenvalue weighted by atomic mass is 15.3. The molecule has 0 aromatic rings. The van der Waals surface area contributed by atoms with E-state index in [9.17, 15) is 0 Å². The first kappa shape index (κ1) is 16.3. The minimum Gasteiger partial charge on any atom is -0.311 e. The Morgan fingerprint density at radius 2 is 1.95 bits per heavy atom. The summed E-state index contributed by atoms with van der Waals surface area (Å²) < 4.78 is 0. The fourth-order valence-corrected chi connectivity index (χ4v) is 3.77. The van der Waals surface area contributed by atoms with Gasteiger partial charge < -0.3 is 5.32 Å². The number of hydrogen-bond acceptors (Lipinski definition) is 2. The van der Waals surface area contributed by atoms with Crippen LogP contribution in [0.15, 0.2) is 0 Å². The normalized spacial score (nSPS) is 33.6. The van der Waals surface area contributed by atoms with Crippen molar-refractivity contribution in [1.29, 1.82) is 0 Å². The molecular weight excluding hydrogens is 244 g/mol. The molecule has 118 valence electrons. The van der Waals surface area contributed by atoms with Crippen LogP contribution in [0.3, 0.4) is 0 Å². The van der Waals surface area contributed by atoms with Gasteiger partial charge >= 0.3 is 0 Å². The van der Waals surface area contributed by atoms with Crippen LogP contribution >= 0.6 is 0 Å². The largest absolute Gasteiger partial charge is 0.311 e. The Bertz CT molecular complexity index is 298. The third kappa shape index (κ3) is 3.76. The number of nitrogens with one attached hydrogen (secondary N) is 1. The summed E-state index contributed by atoms with van der Waals surface area (Å²) >= 11 is 0. The molecule has 20 heavy (non-hydrogen) atoms. The molecule has 1 aliphatic carbocycles. The topological polar surface area (TPSA) is 15.3 Å². The van der Waals surface area contributed by atoms with Gasteiger partial charge in [-0.3, -0.25) is 4.90 Å². The lowest BCUT2D eigenvalue weighted by Crippen LogP contribution is -2.65. The van der Waals surface area contributed by atoms with E-state index in [2.05, 4.69) is 44.8 Å². The molecule has 3 atom stereocenters. The molecular formula is C18H36N2. The maximum atomic E-state index is 3.87. The Kier molecular flexibility index (Phi) is 5.53. The van der Waals surface area contributed by atoms with Gasteiger partial charge in [0.05, 0.1) is 0 Å². The zero-order valence-corrected chi connectivity index (χ0v) is 14.4. The van der Waals surface area contributed by atoms with Crippen molar-refractivity contribution in [3.63, 3.8) is 0 Å². The summed E-state index contributed by atoms with van der Waals surface area (Å²) in [6.45, 7) is 15.7. The Morgan fingerprint density at radius 1 is 1.25 bits per heavy atom. The third-order valence-electron chi connectivity index (χ3n) is 5.86. The van der Waals surface area contributed by atoms with Gasteiger partial charge in [0.2, 0.25) is 0 Å². The minimum atomic E-state index is 0.431. The second kappa shape index (κ2) is 6.79. The van der Waals surface area contributed by atoms with Gasteiger partial charge in [0, 0.05) is 24.7 Å². The fraction of sp³-hybridized carbons (Fsp3) is 1.00. The molecule has 2 heteroatoms. The minimum absolute atomic E-state index is 0.431. The van der Waals surface area contributed by atoms with Crippen molar-refractivity contribution in [2.45, 2.75) is 78.3 Å². The molecule has 0 amide bonds. The molecule has 2 aliphatic rings. The maximum Gasteiger partial charge on any atom is 0.0334 e. The average molecular weight is 280 g/mol. The fourth-order valence-electron chi connectivity index (χ4n) is 3.77. The van der Waals surface area contributed by atoms with Crippen molar-refractivity contribution in [2.24, 2.45) is 17.8 Å². The maximum absolute atomic E-state index is 3.87. The molecule has 1 aliphatic heterocycles. The smallest absolute Gasteiger partial charge is 0.0334 e. The van der Waals surface area contributed by atoms with E-state index >= 15 is 0 Å². The average Bonchev–Trinajstić information content (AvgIpc) is 3.24. The van der Waals surface area contributed by atoms with Crippen molar-refractivity contribution in [1.82, 2.24) is 10.2 Å². The first-order chi connectivity index (χ1) is 9.47. The van der Waals surface area contributed by atoms with Crippen molar-refractivity contribution in [2.75, 3.05) is 19.6 Å². The molecule has 1 saturated carbocycles. The highest BCUT2D eigenvalue weighted by molar-refractivity contribution is 5.05. The van der Waals surface area contributed by atoms with Crippen molar-refractivity contribution in [3.05, 3.63) is 0 Å². The lowest BCUT2D eigenvalue weighted by atomic mass is 9.86. The quantitative estimate of drug-likeness (QED) is 0.760. The highest BCUT2D eigenvalue weighted by Crippen LogP contribution is 2.44. The van der Waals surface area contributed by atoms with Crippen LogP contribution in [0.1, 0.15) is 66.7 Å². The molecule has 2 fully saturated rings. The molecule has 2 nitrogen and oxygen atoms in total. The lowest BCUT2D eigenvalue weighted by molar-refractivity contribution is 0.0216. The van der Waals surface area contributed by atoms with Crippen molar-refractivity contribution >= 4 is 0 Å². The first-order valence-electron chi connectivity index (χ1n) is 8.95. The van der Waals surface area contributed by atoms with E-state index in [0.29, 0.717) is 11.6 Å². The van der Waals surface area contributed by atoms with E-state index in [0.717, 1.165) is 17.8 Å². The summed E-state index contributed by atoms with van der Waals surface area (Å²) in [7, 11) is 0. The second-order valence-corrected chi connectivity index (χ2v) is 7.99. The predicted molar refractivity (Wildman–Crippen MR) is 88.0 cm³/mol. The summed E-state index contributed by atoms with van der Waals surface area (Å²) in [6.07, 6.45) is 6.93. The number of nitrogens with zero attached hydrogens (tertiary/aromatic N) is 1. The number of rotatable bonds is 7. The Morgan fingerprint density at radius 3 is 2.50 bits per heavy atom. The van der Waals surface area contributed by atoms with E-state index in [1.54, 1.807) is 0 Å². The van der Waals surface area contributed by atoms with Crippen LogP contribution in [-0.2, 0) is 0 Å². The highest BCUT2D eigenvalue weighted by Gasteiger charge is 2.48. The molecule has 0 aromatic carbocycles. The molecule has 0 aromatic heterocycles. The first-order valence-corrected chi connectivity index (χ1v) is 8.95. The molecule has 0 spiro atoms. The SMILES string of the molecule is CCC(C)C1CN(CCCC(C)C)C(C)(C2CC2)CN1. The van der Waals surface area contributed by atoms with Crippen molar-refractivity contribution in [3.8, 4) is 0 Å². The van der Waals surface area contributed by atoms with Crippen LogP contribution in [-0.4, -0.2) is 36.1 Å². The van der Waals surface area contributed by atoms with Crippen molar-refractivity contribution < 1.29 is 0 Å².